The Hall–Kier alpha value is -2.68. The highest BCUT2D eigenvalue weighted by molar-refractivity contribution is 7.51. The van der Waals surface area contributed by atoms with Crippen molar-refractivity contribution in [3.8, 4) is 22.4 Å². The van der Waals surface area contributed by atoms with Crippen molar-refractivity contribution in [2.75, 3.05) is 7.11 Å². The van der Waals surface area contributed by atoms with Crippen LogP contribution in [0.15, 0.2) is 61.2 Å². The molecule has 5 heteroatoms. The zero-order chi connectivity index (χ0) is 21.1. The van der Waals surface area contributed by atoms with Crippen LogP contribution in [0.4, 0.5) is 4.39 Å². The van der Waals surface area contributed by atoms with Crippen molar-refractivity contribution < 1.29 is 13.5 Å². The maximum atomic E-state index is 13.6. The topological polar surface area (TPSA) is 39.2 Å². The van der Waals surface area contributed by atoms with Gasteiger partial charge in [-0.2, -0.15) is 0 Å². The Morgan fingerprint density at radius 3 is 2.24 bits per heavy atom. The Morgan fingerprint density at radius 2 is 1.69 bits per heavy atom. The Morgan fingerprint density at radius 1 is 1.07 bits per heavy atom. The van der Waals surface area contributed by atoms with E-state index in [0.29, 0.717) is 10.9 Å². The highest BCUT2D eigenvalue weighted by atomic mass is 31.1. The lowest BCUT2D eigenvalue weighted by Crippen LogP contribution is -2.06. The third kappa shape index (κ3) is 4.19. The molecule has 0 saturated carbocycles. The van der Waals surface area contributed by atoms with E-state index in [4.69, 9.17) is 9.51 Å². The third-order valence-electron chi connectivity index (χ3n) is 4.87. The van der Waals surface area contributed by atoms with Gasteiger partial charge in [0, 0.05) is 11.1 Å². The van der Waals surface area contributed by atoms with Gasteiger partial charge in [0.1, 0.15) is 5.82 Å². The predicted octanol–water partition coefficient (Wildman–Crippen LogP) is 7.35. The van der Waals surface area contributed by atoms with Crippen molar-refractivity contribution in [3.05, 3.63) is 83.8 Å². The first-order valence-electron chi connectivity index (χ1n) is 9.41. The second-order valence-corrected chi connectivity index (χ2v) is 8.55. The Kier molecular flexibility index (Phi) is 6.36. The Balaban J connectivity index is 2.43. The van der Waals surface area contributed by atoms with Crippen molar-refractivity contribution in [1.82, 2.24) is 4.98 Å². The Labute approximate surface area is 172 Å². The van der Waals surface area contributed by atoms with Crippen molar-refractivity contribution in [2.45, 2.75) is 26.7 Å². The van der Waals surface area contributed by atoms with Crippen LogP contribution in [0, 0.1) is 12.7 Å². The van der Waals surface area contributed by atoms with Crippen LogP contribution in [-0.2, 0) is 9.09 Å². The average Bonchev–Trinajstić information content (AvgIpc) is 2.73. The second-order valence-electron chi connectivity index (χ2n) is 7.13. The van der Waals surface area contributed by atoms with Crippen molar-refractivity contribution in [2.24, 2.45) is 0 Å². The molecule has 0 spiro atoms. The number of rotatable bonds is 6. The summed E-state index contributed by atoms with van der Waals surface area (Å²) in [7, 11) is -0.706. The molecule has 0 N–H and O–H groups in total. The number of hydrogen-bond donors (Lipinski definition) is 0. The molecular weight excluding hydrogens is 384 g/mol. The monoisotopic (exact) mass is 408 g/mol. The minimum Gasteiger partial charge on any atom is -0.251 e. The van der Waals surface area contributed by atoms with E-state index in [1.54, 1.807) is 12.1 Å². The minimum absolute atomic E-state index is 0.0595. The fourth-order valence-corrected chi connectivity index (χ4v) is 4.09. The first kappa shape index (κ1) is 21.0. The van der Waals surface area contributed by atoms with Crippen LogP contribution < -0.4 is 0 Å². The van der Waals surface area contributed by atoms with Gasteiger partial charge in [0.25, 0.3) is 0 Å². The molecule has 0 aliphatic heterocycles. The van der Waals surface area contributed by atoms with E-state index in [1.165, 1.54) is 19.2 Å². The van der Waals surface area contributed by atoms with Crippen LogP contribution in [0.5, 0.6) is 0 Å². The van der Waals surface area contributed by atoms with Crippen LogP contribution in [0.25, 0.3) is 27.7 Å². The largest absolute Gasteiger partial charge is 0.548 e. The summed E-state index contributed by atoms with van der Waals surface area (Å²) in [5.74, 6) is -0.250. The van der Waals surface area contributed by atoms with Crippen LogP contribution in [0.1, 0.15) is 36.6 Å². The van der Waals surface area contributed by atoms with E-state index in [2.05, 4.69) is 6.58 Å². The minimum atomic E-state index is -2.10. The van der Waals surface area contributed by atoms with Gasteiger partial charge in [-0.05, 0) is 47.2 Å². The number of halogens is 1. The number of pyridine rings is 1. The van der Waals surface area contributed by atoms with Gasteiger partial charge in [-0.3, -0.25) is 4.98 Å². The fraction of sp³-hybridized carbons (Fsp3) is 0.208. The van der Waals surface area contributed by atoms with E-state index in [-0.39, 0.29) is 11.7 Å². The molecule has 2 aromatic carbocycles. The summed E-state index contributed by atoms with van der Waals surface area (Å²) >= 11 is 0. The molecule has 0 bridgehead atoms. The lowest BCUT2D eigenvalue weighted by Gasteiger charge is -2.20. The van der Waals surface area contributed by atoms with Gasteiger partial charge in [0.2, 0.25) is 5.31 Å². The molecule has 0 saturated heterocycles. The molecular formula is C24H24FNO2P+. The maximum Gasteiger partial charge on any atom is 0.548 e. The zero-order valence-corrected chi connectivity index (χ0v) is 18.0. The van der Waals surface area contributed by atoms with Crippen LogP contribution in [-0.4, -0.2) is 12.1 Å². The summed E-state index contributed by atoms with van der Waals surface area (Å²) in [6, 6.07) is 16.2. The molecule has 0 aliphatic rings. The number of nitrogens with zero attached hydrogens (tertiary/aromatic N) is 1. The van der Waals surface area contributed by atoms with Gasteiger partial charge in [-0.15, -0.1) is 4.52 Å². The van der Waals surface area contributed by atoms with Crippen molar-refractivity contribution in [3.63, 3.8) is 0 Å². The maximum absolute atomic E-state index is 13.6. The summed E-state index contributed by atoms with van der Waals surface area (Å²) in [6.07, 6.45) is 0. The number of hydrogen-bond acceptors (Lipinski definition) is 3. The molecule has 0 aliphatic carbocycles. The smallest absolute Gasteiger partial charge is 0.251 e. The molecule has 1 heterocycles. The van der Waals surface area contributed by atoms with Gasteiger partial charge in [-0.25, -0.2) is 4.39 Å². The number of aromatic nitrogens is 1. The molecule has 0 radical (unpaired) electrons. The van der Waals surface area contributed by atoms with E-state index in [9.17, 15) is 8.96 Å². The highest BCUT2D eigenvalue weighted by Gasteiger charge is 2.32. The first-order chi connectivity index (χ1) is 13.8. The number of benzene rings is 2. The normalized spacial score (nSPS) is 11.6. The quantitative estimate of drug-likeness (QED) is 0.400. The first-order valence-corrected chi connectivity index (χ1v) is 10.6. The van der Waals surface area contributed by atoms with E-state index < -0.39 is 8.03 Å². The van der Waals surface area contributed by atoms with E-state index >= 15 is 0 Å². The summed E-state index contributed by atoms with van der Waals surface area (Å²) in [5.41, 5.74) is 5.93. The molecule has 29 heavy (non-hydrogen) atoms. The molecule has 148 valence electrons. The van der Waals surface area contributed by atoms with Crippen LogP contribution in [0.3, 0.4) is 0 Å². The molecule has 1 unspecified atom stereocenters. The van der Waals surface area contributed by atoms with Gasteiger partial charge < -0.3 is 0 Å². The molecule has 0 fully saturated rings. The zero-order valence-electron chi connectivity index (χ0n) is 17.1. The predicted molar refractivity (Wildman–Crippen MR) is 118 cm³/mol. The summed E-state index contributed by atoms with van der Waals surface area (Å²) in [4.78, 5) is 4.96. The van der Waals surface area contributed by atoms with Crippen molar-refractivity contribution >= 4 is 13.3 Å². The van der Waals surface area contributed by atoms with Crippen LogP contribution >= 0.6 is 8.03 Å². The van der Waals surface area contributed by atoms with Crippen molar-refractivity contribution in [1.29, 1.82) is 0 Å². The standard InChI is InChI=1S/C24H24FNO2P/c1-15(2)23-22(17(4)29(27)28-5)21(18-11-13-20(25)14-12-18)16(3)24(26-23)19-9-7-6-8-10-19/h6-15H,4H2,1-3,5H3/q+1. The SMILES string of the molecule is C=C(c1c(C(C)C)nc(-c2ccccc2)c(C)c1-c1ccc(F)cc1)[P+](=O)OC. The second kappa shape index (κ2) is 8.77. The summed E-state index contributed by atoms with van der Waals surface area (Å²) < 4.78 is 31.2. The van der Waals surface area contributed by atoms with Crippen LogP contribution in [0.2, 0.25) is 0 Å². The summed E-state index contributed by atoms with van der Waals surface area (Å²) in [6.45, 7) is 10.1. The molecule has 3 nitrogen and oxygen atoms in total. The average molecular weight is 408 g/mol. The lowest BCUT2D eigenvalue weighted by molar-refractivity contribution is 0.424. The van der Waals surface area contributed by atoms with Gasteiger partial charge in [0.15, 0.2) is 0 Å². The molecule has 1 atom stereocenters. The molecule has 3 rings (SSSR count). The fourth-order valence-electron chi connectivity index (χ4n) is 3.46. The van der Waals surface area contributed by atoms with Gasteiger partial charge in [0.05, 0.1) is 24.1 Å². The third-order valence-corrected chi connectivity index (χ3v) is 5.87. The van der Waals surface area contributed by atoms with E-state index in [1.807, 2.05) is 51.1 Å². The van der Waals surface area contributed by atoms with Gasteiger partial charge in [-0.1, -0.05) is 56.3 Å². The molecule has 1 aromatic heterocycles. The van der Waals surface area contributed by atoms with E-state index in [0.717, 1.165) is 33.6 Å². The van der Waals surface area contributed by atoms with Gasteiger partial charge >= 0.3 is 8.03 Å². The Bertz CT molecular complexity index is 1060. The molecule has 0 amide bonds. The molecule has 3 aromatic rings. The highest BCUT2D eigenvalue weighted by Crippen LogP contribution is 2.47. The summed E-state index contributed by atoms with van der Waals surface area (Å²) in [5, 5.41) is 0.390. The lowest BCUT2D eigenvalue weighted by atomic mass is 9.88.